The van der Waals surface area contributed by atoms with Crippen LogP contribution in [0.4, 0.5) is 0 Å². The van der Waals surface area contributed by atoms with Gasteiger partial charge in [0.05, 0.1) is 39.9 Å². The number of unbranched alkanes of at least 4 members (excludes halogenated alkanes) is 40. The van der Waals surface area contributed by atoms with Crippen LogP contribution in [-0.4, -0.2) is 73.4 Å². The van der Waals surface area contributed by atoms with E-state index in [1.54, 1.807) is 6.08 Å². The monoisotopic (exact) mass is 1060 g/mol. The molecule has 1 amide bonds. The fraction of sp³-hybridized carbons (Fsp3) is 0.862. The van der Waals surface area contributed by atoms with Gasteiger partial charge in [-0.15, -0.1) is 0 Å². The molecule has 0 aliphatic heterocycles. The Kier molecular flexibility index (Phi) is 55.0. The summed E-state index contributed by atoms with van der Waals surface area (Å²) in [6.45, 7) is 4.83. The second kappa shape index (κ2) is 56.2. The van der Waals surface area contributed by atoms with Crippen LogP contribution in [0.1, 0.15) is 309 Å². The van der Waals surface area contributed by atoms with E-state index in [1.165, 1.54) is 238 Å². The Morgan fingerprint density at radius 1 is 0.459 bits per heavy atom. The molecule has 3 N–H and O–H groups in total. The summed E-state index contributed by atoms with van der Waals surface area (Å²) < 4.78 is 23.7. The summed E-state index contributed by atoms with van der Waals surface area (Å²) in [7, 11) is 1.58. The van der Waals surface area contributed by atoms with Crippen molar-refractivity contribution >= 4 is 13.7 Å². The predicted molar refractivity (Wildman–Crippen MR) is 323 cm³/mol. The number of nitrogens with one attached hydrogen (secondary N) is 1. The van der Waals surface area contributed by atoms with Crippen molar-refractivity contribution in [2.45, 2.75) is 321 Å². The number of hydrogen-bond acceptors (Lipinski definition) is 5. The molecular formula is C65H126N2O6P+. The summed E-state index contributed by atoms with van der Waals surface area (Å²) in [6, 6.07) is -0.845. The third-order valence-corrected chi connectivity index (χ3v) is 15.5. The number of nitrogens with zero attached hydrogens (tertiary/aromatic N) is 1. The van der Waals surface area contributed by atoms with Gasteiger partial charge in [0.25, 0.3) is 0 Å². The van der Waals surface area contributed by atoms with Crippen LogP contribution in [0.15, 0.2) is 48.6 Å². The molecule has 0 aromatic rings. The van der Waals surface area contributed by atoms with Crippen molar-refractivity contribution in [1.29, 1.82) is 0 Å². The van der Waals surface area contributed by atoms with Crippen molar-refractivity contribution in [2.75, 3.05) is 40.9 Å². The van der Waals surface area contributed by atoms with Gasteiger partial charge in [-0.05, 0) is 57.8 Å². The van der Waals surface area contributed by atoms with Gasteiger partial charge < -0.3 is 19.8 Å². The number of aliphatic hydroxyl groups excluding tert-OH is 1. The van der Waals surface area contributed by atoms with Crippen LogP contribution in [0.3, 0.4) is 0 Å². The Bertz CT molecular complexity index is 1340. The minimum Gasteiger partial charge on any atom is -0.387 e. The first-order valence-corrected chi connectivity index (χ1v) is 33.5. The van der Waals surface area contributed by atoms with Crippen LogP contribution in [0.2, 0.25) is 0 Å². The van der Waals surface area contributed by atoms with Crippen molar-refractivity contribution in [2.24, 2.45) is 0 Å². The number of phosphoric ester groups is 1. The molecule has 74 heavy (non-hydrogen) atoms. The lowest BCUT2D eigenvalue weighted by atomic mass is 10.0. The Labute approximate surface area is 460 Å². The highest BCUT2D eigenvalue weighted by Crippen LogP contribution is 2.43. The summed E-state index contributed by atoms with van der Waals surface area (Å²) in [5.41, 5.74) is 0. The van der Waals surface area contributed by atoms with Gasteiger partial charge in [-0.25, -0.2) is 4.57 Å². The number of allylic oxidation sites excluding steroid dienone is 7. The van der Waals surface area contributed by atoms with E-state index in [1.807, 2.05) is 27.2 Å². The number of amides is 1. The van der Waals surface area contributed by atoms with E-state index in [4.69, 9.17) is 9.05 Å². The summed E-state index contributed by atoms with van der Waals surface area (Å²) in [4.78, 5) is 23.3. The lowest BCUT2D eigenvalue weighted by Crippen LogP contribution is -2.45. The van der Waals surface area contributed by atoms with E-state index in [2.05, 4.69) is 55.6 Å². The normalized spacial score (nSPS) is 14.1. The molecule has 9 heteroatoms. The molecule has 0 aromatic heterocycles. The van der Waals surface area contributed by atoms with E-state index in [-0.39, 0.29) is 19.1 Å². The molecule has 0 aliphatic carbocycles. The van der Waals surface area contributed by atoms with Gasteiger partial charge in [-0.1, -0.05) is 294 Å². The second-order valence-electron chi connectivity index (χ2n) is 23.1. The molecule has 3 unspecified atom stereocenters. The van der Waals surface area contributed by atoms with Crippen LogP contribution in [0.5, 0.6) is 0 Å². The molecule has 0 heterocycles. The molecule has 0 spiro atoms. The Hall–Kier alpha value is -1.54. The summed E-state index contributed by atoms with van der Waals surface area (Å²) >= 11 is 0. The van der Waals surface area contributed by atoms with Crippen LogP contribution in [-0.2, 0) is 18.4 Å². The molecule has 0 saturated carbocycles. The van der Waals surface area contributed by atoms with Crippen LogP contribution in [0, 0.1) is 0 Å². The van der Waals surface area contributed by atoms with E-state index < -0.39 is 20.0 Å². The minimum absolute atomic E-state index is 0.0629. The van der Waals surface area contributed by atoms with Gasteiger partial charge >= 0.3 is 7.82 Å². The molecule has 0 aromatic carbocycles. The highest BCUT2D eigenvalue weighted by atomic mass is 31.2. The summed E-state index contributed by atoms with van der Waals surface area (Å²) in [5, 5.41) is 13.9. The van der Waals surface area contributed by atoms with Gasteiger partial charge in [0.1, 0.15) is 13.2 Å². The summed E-state index contributed by atoms with van der Waals surface area (Å²) in [6.07, 6.45) is 75.3. The third kappa shape index (κ3) is 58.1. The highest BCUT2D eigenvalue weighted by molar-refractivity contribution is 7.47. The molecule has 0 rings (SSSR count). The average Bonchev–Trinajstić information content (AvgIpc) is 3.36. The number of aliphatic hydroxyl groups is 1. The van der Waals surface area contributed by atoms with Crippen LogP contribution < -0.4 is 5.32 Å². The fourth-order valence-corrected chi connectivity index (χ4v) is 10.3. The van der Waals surface area contributed by atoms with Crippen molar-refractivity contribution in [3.05, 3.63) is 48.6 Å². The smallest absolute Gasteiger partial charge is 0.387 e. The zero-order valence-electron chi connectivity index (χ0n) is 49.8. The molecule has 0 aliphatic rings. The topological polar surface area (TPSA) is 105 Å². The molecule has 0 saturated heterocycles. The van der Waals surface area contributed by atoms with Gasteiger partial charge in [0.15, 0.2) is 0 Å². The van der Waals surface area contributed by atoms with Crippen molar-refractivity contribution in [1.82, 2.24) is 5.32 Å². The zero-order chi connectivity index (χ0) is 54.2. The Balaban J connectivity index is 3.95. The standard InChI is InChI=1S/C65H125N2O6P/c1-6-8-10-12-14-16-18-20-22-23-24-25-26-27-28-29-30-31-32-33-34-35-36-37-38-39-40-41-42-43-45-47-49-51-53-55-57-59-65(69)66-63(62-73-74(70,71)72-61-60-67(3,4)5)64(68)58-56-54-52-50-48-46-44-21-19-17-15-13-11-9-7-2/h18,20,23-24,26-27,56,58,63-64,68H,6-17,19,21-22,25,28-55,57,59-62H2,1-5H3,(H-,66,69,70,71)/p+1/b20-18-,24-23-,27-26-,58-56+. The SMILES string of the molecule is CCCCCCC/C=C\C/C=C\C/C=C\CCCCCCCCCCCCCCCCCCCCCCCCC(=O)NC(COP(=O)(O)OCC[N+](C)(C)C)C(O)/C=C/CCCCCCCCCCCCCCC. The minimum atomic E-state index is -4.34. The average molecular weight is 1060 g/mol. The summed E-state index contributed by atoms with van der Waals surface area (Å²) in [5.74, 6) is -0.172. The van der Waals surface area contributed by atoms with Crippen molar-refractivity contribution < 1.29 is 32.9 Å². The highest BCUT2D eigenvalue weighted by Gasteiger charge is 2.28. The first kappa shape index (κ1) is 72.5. The zero-order valence-corrected chi connectivity index (χ0v) is 50.7. The third-order valence-electron chi connectivity index (χ3n) is 14.5. The number of phosphoric acid groups is 1. The van der Waals surface area contributed by atoms with E-state index in [9.17, 15) is 19.4 Å². The number of carbonyl (C=O) groups is 1. The van der Waals surface area contributed by atoms with Crippen LogP contribution >= 0.6 is 7.82 Å². The van der Waals surface area contributed by atoms with E-state index in [0.717, 1.165) is 51.4 Å². The van der Waals surface area contributed by atoms with Gasteiger partial charge in [-0.3, -0.25) is 13.8 Å². The quantitative estimate of drug-likeness (QED) is 0.0243. The predicted octanol–water partition coefficient (Wildman–Crippen LogP) is 19.9. The van der Waals surface area contributed by atoms with E-state index >= 15 is 0 Å². The molecular weight excluding hydrogens is 936 g/mol. The maximum Gasteiger partial charge on any atom is 0.472 e. The molecule has 8 nitrogen and oxygen atoms in total. The lowest BCUT2D eigenvalue weighted by molar-refractivity contribution is -0.870. The van der Waals surface area contributed by atoms with Gasteiger partial charge in [0, 0.05) is 6.42 Å². The maximum absolute atomic E-state index is 13.0. The molecule has 3 atom stereocenters. The Morgan fingerprint density at radius 2 is 0.770 bits per heavy atom. The fourth-order valence-electron chi connectivity index (χ4n) is 9.52. The van der Waals surface area contributed by atoms with E-state index in [0.29, 0.717) is 17.4 Å². The van der Waals surface area contributed by atoms with Crippen molar-refractivity contribution in [3.8, 4) is 0 Å². The molecule has 436 valence electrons. The van der Waals surface area contributed by atoms with Crippen molar-refractivity contribution in [3.63, 3.8) is 0 Å². The Morgan fingerprint density at radius 3 is 1.12 bits per heavy atom. The van der Waals surface area contributed by atoms with Gasteiger partial charge in [-0.2, -0.15) is 0 Å². The first-order chi connectivity index (χ1) is 36.0. The number of carbonyl (C=O) groups excluding carboxylic acids is 1. The lowest BCUT2D eigenvalue weighted by Gasteiger charge is -2.25. The number of likely N-dealkylation sites (N-methyl/N-ethyl adjacent to an activating group) is 1. The largest absolute Gasteiger partial charge is 0.472 e. The first-order valence-electron chi connectivity index (χ1n) is 32.0. The molecule has 0 bridgehead atoms. The number of quaternary nitrogens is 1. The second-order valence-corrected chi connectivity index (χ2v) is 24.6. The van der Waals surface area contributed by atoms with Gasteiger partial charge in [0.2, 0.25) is 5.91 Å². The molecule has 0 fully saturated rings. The number of hydrogen-bond donors (Lipinski definition) is 3. The molecule has 0 radical (unpaired) electrons. The van der Waals surface area contributed by atoms with Crippen LogP contribution in [0.25, 0.3) is 0 Å². The number of rotatable bonds is 59. The maximum atomic E-state index is 13.0.